The Morgan fingerprint density at radius 3 is 2.74 bits per heavy atom. The quantitative estimate of drug-likeness (QED) is 0.659. The van der Waals surface area contributed by atoms with Crippen LogP contribution in [0.3, 0.4) is 0 Å². The number of halogens is 2. The smallest absolute Gasteiger partial charge is 0.288 e. The molecule has 1 heterocycles. The molecular formula is C18H19Cl2N3O4. The van der Waals surface area contributed by atoms with E-state index in [9.17, 15) is 9.59 Å². The molecule has 0 saturated heterocycles. The van der Waals surface area contributed by atoms with Gasteiger partial charge in [-0.2, -0.15) is 0 Å². The maximum absolute atomic E-state index is 11.9. The van der Waals surface area contributed by atoms with Gasteiger partial charge in [0.2, 0.25) is 5.76 Å². The third-order valence-electron chi connectivity index (χ3n) is 3.37. The van der Waals surface area contributed by atoms with Crippen molar-refractivity contribution in [1.29, 1.82) is 0 Å². The van der Waals surface area contributed by atoms with Crippen LogP contribution in [0.2, 0.25) is 10.0 Å². The molecule has 0 aliphatic heterocycles. The number of aryl methyl sites for hydroxylation is 1. The minimum absolute atomic E-state index is 0.150. The lowest BCUT2D eigenvalue weighted by atomic mass is 10.3. The number of nitrogens with one attached hydrogen (secondary N) is 2. The zero-order valence-corrected chi connectivity index (χ0v) is 16.2. The summed E-state index contributed by atoms with van der Waals surface area (Å²) in [6, 6.07) is 4.71. The highest BCUT2D eigenvalue weighted by molar-refractivity contribution is 6.42. The van der Waals surface area contributed by atoms with Gasteiger partial charge in [0, 0.05) is 31.1 Å². The predicted octanol–water partition coefficient (Wildman–Crippen LogP) is 3.37. The summed E-state index contributed by atoms with van der Waals surface area (Å²) in [6.45, 7) is 5.71. The van der Waals surface area contributed by atoms with E-state index in [1.54, 1.807) is 12.1 Å². The third-order valence-corrected chi connectivity index (χ3v) is 4.11. The lowest BCUT2D eigenvalue weighted by Gasteiger charge is -2.10. The highest BCUT2D eigenvalue weighted by Gasteiger charge is 2.12. The van der Waals surface area contributed by atoms with Gasteiger partial charge in [-0.25, -0.2) is 4.98 Å². The zero-order chi connectivity index (χ0) is 19.8. The van der Waals surface area contributed by atoms with Crippen LogP contribution in [-0.2, 0) is 11.2 Å². The number of carbonyl (C=O) groups is 2. The Bertz CT molecular complexity index is 836. The number of amides is 2. The molecule has 2 amide bonds. The molecule has 0 bridgehead atoms. The summed E-state index contributed by atoms with van der Waals surface area (Å²) in [5.41, 5.74) is 0.449. The molecule has 1 aromatic carbocycles. The first-order valence-electron chi connectivity index (χ1n) is 8.17. The van der Waals surface area contributed by atoms with Crippen molar-refractivity contribution in [3.05, 3.63) is 58.4 Å². The second-order valence-electron chi connectivity index (χ2n) is 5.49. The predicted molar refractivity (Wildman–Crippen MR) is 102 cm³/mol. The fourth-order valence-electron chi connectivity index (χ4n) is 2.00. The number of oxazole rings is 1. The summed E-state index contributed by atoms with van der Waals surface area (Å²) < 4.78 is 10.6. The molecule has 9 heteroatoms. The normalized spacial score (nSPS) is 10.3. The van der Waals surface area contributed by atoms with E-state index in [-0.39, 0.29) is 30.7 Å². The summed E-state index contributed by atoms with van der Waals surface area (Å²) in [5.74, 6) is 0.329. The molecule has 1 aromatic heterocycles. The van der Waals surface area contributed by atoms with E-state index in [2.05, 4.69) is 22.2 Å². The molecule has 27 heavy (non-hydrogen) atoms. The highest BCUT2D eigenvalue weighted by Crippen LogP contribution is 2.26. The molecule has 2 aromatic rings. The first kappa shape index (κ1) is 20.8. The first-order valence-corrected chi connectivity index (χ1v) is 8.93. The van der Waals surface area contributed by atoms with Crippen molar-refractivity contribution in [2.75, 3.05) is 13.2 Å². The van der Waals surface area contributed by atoms with Crippen LogP contribution in [0, 0.1) is 0 Å². The topological polar surface area (TPSA) is 93.5 Å². The van der Waals surface area contributed by atoms with Crippen LogP contribution in [0.25, 0.3) is 0 Å². The van der Waals surface area contributed by atoms with E-state index < -0.39 is 0 Å². The van der Waals surface area contributed by atoms with Crippen molar-refractivity contribution in [1.82, 2.24) is 15.6 Å². The maximum atomic E-state index is 11.9. The molecule has 2 rings (SSSR count). The second-order valence-corrected chi connectivity index (χ2v) is 6.31. The zero-order valence-electron chi connectivity index (χ0n) is 14.7. The summed E-state index contributed by atoms with van der Waals surface area (Å²) in [5, 5.41) is 6.01. The fraction of sp³-hybridized carbons (Fsp3) is 0.278. The Hall–Kier alpha value is -2.51. The molecule has 0 fully saturated rings. The van der Waals surface area contributed by atoms with Crippen LogP contribution in [0.4, 0.5) is 0 Å². The van der Waals surface area contributed by atoms with Gasteiger partial charge in [0.15, 0.2) is 12.5 Å². The highest BCUT2D eigenvalue weighted by atomic mass is 35.5. The monoisotopic (exact) mass is 411 g/mol. The summed E-state index contributed by atoms with van der Waals surface area (Å²) in [7, 11) is 0. The van der Waals surface area contributed by atoms with Gasteiger partial charge in [-0.05, 0) is 12.1 Å². The standard InChI is InChI=1S/C18H19Cl2N3O4/c1-3-17-22-9-15(27-17)18(25)21-7-6-11(2)23-16(24)10-26-12-4-5-13(19)14(20)8-12/h4-5,8-9H,2-3,6-7,10H2,1H3,(H,21,25)(H,23,24). The van der Waals surface area contributed by atoms with Crippen molar-refractivity contribution in [2.45, 2.75) is 19.8 Å². The SMILES string of the molecule is C=C(CCNC(=O)c1cnc(CC)o1)NC(=O)COc1ccc(Cl)c(Cl)c1. The van der Waals surface area contributed by atoms with E-state index in [1.165, 1.54) is 12.3 Å². The second kappa shape index (κ2) is 9.99. The Morgan fingerprint density at radius 2 is 2.07 bits per heavy atom. The van der Waals surface area contributed by atoms with E-state index in [1.807, 2.05) is 6.92 Å². The molecule has 0 radical (unpaired) electrons. The van der Waals surface area contributed by atoms with Crippen LogP contribution in [0.5, 0.6) is 5.75 Å². The van der Waals surface area contributed by atoms with Gasteiger partial charge in [0.1, 0.15) is 5.75 Å². The molecule has 144 valence electrons. The number of ether oxygens (including phenoxy) is 1. The Morgan fingerprint density at radius 1 is 1.30 bits per heavy atom. The van der Waals surface area contributed by atoms with Crippen molar-refractivity contribution >= 4 is 35.0 Å². The van der Waals surface area contributed by atoms with Crippen molar-refractivity contribution < 1.29 is 18.7 Å². The summed E-state index contributed by atoms with van der Waals surface area (Å²) in [6.07, 6.45) is 2.35. The number of benzene rings is 1. The molecule has 0 saturated carbocycles. The molecule has 0 aliphatic carbocycles. The Balaban J connectivity index is 1.67. The number of carbonyl (C=O) groups excluding carboxylic acids is 2. The van der Waals surface area contributed by atoms with Crippen LogP contribution in [0.15, 0.2) is 41.1 Å². The summed E-state index contributed by atoms with van der Waals surface area (Å²) in [4.78, 5) is 27.7. The molecule has 0 unspecified atom stereocenters. The minimum atomic E-state index is -0.375. The summed E-state index contributed by atoms with van der Waals surface area (Å²) >= 11 is 11.7. The lowest BCUT2D eigenvalue weighted by molar-refractivity contribution is -0.122. The average molecular weight is 412 g/mol. The third kappa shape index (κ3) is 6.62. The number of rotatable bonds is 9. The van der Waals surface area contributed by atoms with Gasteiger partial charge in [-0.15, -0.1) is 0 Å². The van der Waals surface area contributed by atoms with Crippen molar-refractivity contribution in [3.63, 3.8) is 0 Å². The van der Waals surface area contributed by atoms with Crippen LogP contribution < -0.4 is 15.4 Å². The van der Waals surface area contributed by atoms with Crippen molar-refractivity contribution in [3.8, 4) is 5.75 Å². The largest absolute Gasteiger partial charge is 0.484 e. The van der Waals surface area contributed by atoms with E-state index in [4.69, 9.17) is 32.4 Å². The van der Waals surface area contributed by atoms with Crippen LogP contribution in [0.1, 0.15) is 29.8 Å². The van der Waals surface area contributed by atoms with Gasteiger partial charge in [-0.1, -0.05) is 36.7 Å². The molecule has 0 spiro atoms. The van der Waals surface area contributed by atoms with Gasteiger partial charge in [0.05, 0.1) is 16.2 Å². The Labute approximate surface area is 166 Å². The Kier molecular flexibility index (Phi) is 7.69. The van der Waals surface area contributed by atoms with E-state index in [0.717, 1.165) is 0 Å². The fourth-order valence-corrected chi connectivity index (χ4v) is 2.29. The van der Waals surface area contributed by atoms with Gasteiger partial charge in [-0.3, -0.25) is 9.59 Å². The maximum Gasteiger partial charge on any atom is 0.288 e. The lowest BCUT2D eigenvalue weighted by Crippen LogP contribution is -2.30. The van der Waals surface area contributed by atoms with Gasteiger partial charge < -0.3 is 19.8 Å². The molecular weight excluding hydrogens is 393 g/mol. The van der Waals surface area contributed by atoms with Crippen LogP contribution >= 0.6 is 23.2 Å². The van der Waals surface area contributed by atoms with Gasteiger partial charge in [0.25, 0.3) is 11.8 Å². The molecule has 0 atom stereocenters. The minimum Gasteiger partial charge on any atom is -0.484 e. The van der Waals surface area contributed by atoms with Crippen molar-refractivity contribution in [2.24, 2.45) is 0 Å². The first-order chi connectivity index (χ1) is 12.9. The molecule has 0 aliphatic rings. The molecule has 7 nitrogen and oxygen atoms in total. The van der Waals surface area contributed by atoms with Gasteiger partial charge >= 0.3 is 0 Å². The van der Waals surface area contributed by atoms with E-state index in [0.29, 0.717) is 40.2 Å². The number of nitrogens with zero attached hydrogens (tertiary/aromatic N) is 1. The van der Waals surface area contributed by atoms with Crippen LogP contribution in [-0.4, -0.2) is 29.9 Å². The van der Waals surface area contributed by atoms with E-state index >= 15 is 0 Å². The average Bonchev–Trinajstić information content (AvgIpc) is 3.12. The molecule has 2 N–H and O–H groups in total. The number of aromatic nitrogens is 1. The number of hydrogen-bond acceptors (Lipinski definition) is 5. The number of hydrogen-bond donors (Lipinski definition) is 2.